The molecule has 0 unspecified atom stereocenters. The molecule has 2 aromatic rings. The van der Waals surface area contributed by atoms with E-state index in [2.05, 4.69) is 37.4 Å². The van der Waals surface area contributed by atoms with Gasteiger partial charge in [0.1, 0.15) is 0 Å². The number of rotatable bonds is 5. The first-order valence-electron chi connectivity index (χ1n) is 9.21. The number of nitrogens with zero attached hydrogens (tertiary/aromatic N) is 1. The molecule has 5 nitrogen and oxygen atoms in total. The largest absolute Gasteiger partial charge is 0.459 e. The molecule has 1 saturated heterocycles. The van der Waals surface area contributed by atoms with Crippen LogP contribution in [0.3, 0.4) is 0 Å². The summed E-state index contributed by atoms with van der Waals surface area (Å²) in [7, 11) is 0. The van der Waals surface area contributed by atoms with Crippen LogP contribution in [0.2, 0.25) is 0 Å². The highest BCUT2D eigenvalue weighted by Crippen LogP contribution is 2.16. The summed E-state index contributed by atoms with van der Waals surface area (Å²) in [6.07, 6.45) is 4.32. The van der Waals surface area contributed by atoms with Crippen LogP contribution >= 0.6 is 0 Å². The Hall–Kier alpha value is -2.56. The van der Waals surface area contributed by atoms with Crippen molar-refractivity contribution < 1.29 is 14.0 Å². The van der Waals surface area contributed by atoms with Gasteiger partial charge in [0.15, 0.2) is 5.76 Å². The van der Waals surface area contributed by atoms with Gasteiger partial charge in [0.25, 0.3) is 5.91 Å². The van der Waals surface area contributed by atoms with Crippen LogP contribution in [0.5, 0.6) is 0 Å². The molecule has 26 heavy (non-hydrogen) atoms. The molecular weight excluding hydrogens is 328 g/mol. The Bertz CT molecular complexity index is 760. The maximum atomic E-state index is 12.3. The molecule has 1 aromatic carbocycles. The monoisotopic (exact) mass is 354 g/mol. The van der Waals surface area contributed by atoms with Gasteiger partial charge in [0, 0.05) is 25.6 Å². The SMILES string of the molecule is Cc1ccc(CCC(=O)NC2CCN(C(=O)c3ccco3)CC2)c(C)c1. The number of amides is 2. The number of hydrogen-bond acceptors (Lipinski definition) is 3. The highest BCUT2D eigenvalue weighted by molar-refractivity contribution is 5.91. The second-order valence-corrected chi connectivity index (χ2v) is 7.04. The van der Waals surface area contributed by atoms with Crippen molar-refractivity contribution in [3.63, 3.8) is 0 Å². The Balaban J connectivity index is 1.42. The van der Waals surface area contributed by atoms with Gasteiger partial charge < -0.3 is 14.6 Å². The Morgan fingerprint density at radius 2 is 1.96 bits per heavy atom. The van der Waals surface area contributed by atoms with E-state index >= 15 is 0 Å². The minimum Gasteiger partial charge on any atom is -0.459 e. The van der Waals surface area contributed by atoms with Crippen LogP contribution in [-0.2, 0) is 11.2 Å². The summed E-state index contributed by atoms with van der Waals surface area (Å²) >= 11 is 0. The molecule has 2 heterocycles. The third-order valence-corrected chi connectivity index (χ3v) is 5.00. The molecule has 138 valence electrons. The molecule has 0 bridgehead atoms. The van der Waals surface area contributed by atoms with Crippen molar-refractivity contribution in [3.05, 3.63) is 59.0 Å². The molecule has 0 aliphatic carbocycles. The maximum absolute atomic E-state index is 12.3. The predicted molar refractivity (Wildman–Crippen MR) is 100 cm³/mol. The summed E-state index contributed by atoms with van der Waals surface area (Å²) in [5, 5.41) is 3.11. The molecule has 1 N–H and O–H groups in total. The first-order chi connectivity index (χ1) is 12.5. The van der Waals surface area contributed by atoms with Gasteiger partial charge >= 0.3 is 0 Å². The van der Waals surface area contributed by atoms with Crippen molar-refractivity contribution in [2.75, 3.05) is 13.1 Å². The van der Waals surface area contributed by atoms with Crippen LogP contribution in [-0.4, -0.2) is 35.8 Å². The number of piperidine rings is 1. The zero-order chi connectivity index (χ0) is 18.5. The van der Waals surface area contributed by atoms with Crippen LogP contribution < -0.4 is 5.32 Å². The van der Waals surface area contributed by atoms with Gasteiger partial charge in [-0.25, -0.2) is 0 Å². The maximum Gasteiger partial charge on any atom is 0.289 e. The fraction of sp³-hybridized carbons (Fsp3) is 0.429. The van der Waals surface area contributed by atoms with E-state index in [1.165, 1.54) is 23.0 Å². The van der Waals surface area contributed by atoms with Crippen LogP contribution in [0.15, 0.2) is 41.0 Å². The standard InChI is InChI=1S/C21H26N2O3/c1-15-5-6-17(16(2)14-15)7-8-20(24)22-18-9-11-23(12-10-18)21(25)19-4-3-13-26-19/h3-6,13-14,18H,7-12H2,1-2H3,(H,22,24). The van der Waals surface area contributed by atoms with Crippen molar-refractivity contribution >= 4 is 11.8 Å². The minimum atomic E-state index is -0.0744. The van der Waals surface area contributed by atoms with Crippen molar-refractivity contribution in [2.24, 2.45) is 0 Å². The lowest BCUT2D eigenvalue weighted by Gasteiger charge is -2.31. The zero-order valence-electron chi connectivity index (χ0n) is 15.5. The van der Waals surface area contributed by atoms with E-state index in [4.69, 9.17) is 4.42 Å². The third kappa shape index (κ3) is 4.54. The molecule has 1 fully saturated rings. The minimum absolute atomic E-state index is 0.0744. The Morgan fingerprint density at radius 1 is 1.19 bits per heavy atom. The predicted octanol–water partition coefficient (Wildman–Crippen LogP) is 3.25. The number of carbonyl (C=O) groups is 2. The highest BCUT2D eigenvalue weighted by atomic mass is 16.3. The molecule has 1 aliphatic rings. The van der Waals surface area contributed by atoms with Gasteiger partial charge in [-0.1, -0.05) is 23.8 Å². The number of carbonyl (C=O) groups excluding carboxylic acids is 2. The van der Waals surface area contributed by atoms with E-state index in [1.54, 1.807) is 17.0 Å². The Kier molecular flexibility index (Phi) is 5.76. The quantitative estimate of drug-likeness (QED) is 0.896. The lowest BCUT2D eigenvalue weighted by molar-refractivity contribution is -0.122. The lowest BCUT2D eigenvalue weighted by Crippen LogP contribution is -2.46. The highest BCUT2D eigenvalue weighted by Gasteiger charge is 2.25. The fourth-order valence-electron chi connectivity index (χ4n) is 3.46. The number of nitrogens with one attached hydrogen (secondary N) is 1. The second kappa shape index (κ2) is 8.21. The number of furan rings is 1. The average Bonchev–Trinajstić information content (AvgIpc) is 3.16. The summed E-state index contributed by atoms with van der Waals surface area (Å²) in [6.45, 7) is 5.45. The fourth-order valence-corrected chi connectivity index (χ4v) is 3.46. The van der Waals surface area contributed by atoms with E-state index in [1.807, 2.05) is 0 Å². The van der Waals surface area contributed by atoms with Crippen molar-refractivity contribution in [3.8, 4) is 0 Å². The summed E-state index contributed by atoms with van der Waals surface area (Å²) in [5.41, 5.74) is 3.71. The first kappa shape index (κ1) is 18.2. The summed E-state index contributed by atoms with van der Waals surface area (Å²) in [6, 6.07) is 9.89. The molecule has 3 rings (SSSR count). The lowest BCUT2D eigenvalue weighted by atomic mass is 10.0. The van der Waals surface area contributed by atoms with E-state index in [0.29, 0.717) is 25.3 Å². The van der Waals surface area contributed by atoms with Gasteiger partial charge in [-0.15, -0.1) is 0 Å². The molecule has 0 spiro atoms. The summed E-state index contributed by atoms with van der Waals surface area (Å²) in [4.78, 5) is 26.3. The Labute approximate surface area is 154 Å². The molecule has 5 heteroatoms. The van der Waals surface area contributed by atoms with Crippen molar-refractivity contribution in [2.45, 2.75) is 45.6 Å². The smallest absolute Gasteiger partial charge is 0.289 e. The van der Waals surface area contributed by atoms with E-state index < -0.39 is 0 Å². The van der Waals surface area contributed by atoms with E-state index in [-0.39, 0.29) is 17.9 Å². The molecule has 0 radical (unpaired) electrons. The van der Waals surface area contributed by atoms with Gasteiger partial charge in [0.05, 0.1) is 6.26 Å². The summed E-state index contributed by atoms with van der Waals surface area (Å²) < 4.78 is 5.17. The number of benzene rings is 1. The van der Waals surface area contributed by atoms with E-state index in [0.717, 1.165) is 19.3 Å². The van der Waals surface area contributed by atoms with Crippen LogP contribution in [0.1, 0.15) is 46.5 Å². The number of aryl methyl sites for hydroxylation is 3. The van der Waals surface area contributed by atoms with E-state index in [9.17, 15) is 9.59 Å². The van der Waals surface area contributed by atoms with Crippen LogP contribution in [0, 0.1) is 13.8 Å². The number of likely N-dealkylation sites (tertiary alicyclic amines) is 1. The Morgan fingerprint density at radius 3 is 2.62 bits per heavy atom. The van der Waals surface area contributed by atoms with Crippen molar-refractivity contribution in [1.29, 1.82) is 0 Å². The van der Waals surface area contributed by atoms with Crippen LogP contribution in [0.4, 0.5) is 0 Å². The molecule has 0 atom stereocenters. The van der Waals surface area contributed by atoms with Gasteiger partial charge in [-0.3, -0.25) is 9.59 Å². The molecule has 0 saturated carbocycles. The molecule has 1 aliphatic heterocycles. The second-order valence-electron chi connectivity index (χ2n) is 7.04. The normalized spacial score (nSPS) is 15.1. The van der Waals surface area contributed by atoms with Crippen molar-refractivity contribution in [1.82, 2.24) is 10.2 Å². The van der Waals surface area contributed by atoms with Gasteiger partial charge in [-0.05, 0) is 56.4 Å². The summed E-state index contributed by atoms with van der Waals surface area (Å²) in [5.74, 6) is 0.386. The third-order valence-electron chi connectivity index (χ3n) is 5.00. The van der Waals surface area contributed by atoms with Crippen LogP contribution in [0.25, 0.3) is 0 Å². The molecule has 1 aromatic heterocycles. The van der Waals surface area contributed by atoms with Gasteiger partial charge in [-0.2, -0.15) is 0 Å². The molecular formula is C21H26N2O3. The number of hydrogen-bond donors (Lipinski definition) is 1. The zero-order valence-corrected chi connectivity index (χ0v) is 15.5. The molecule has 2 amide bonds. The topological polar surface area (TPSA) is 62.6 Å². The first-order valence-corrected chi connectivity index (χ1v) is 9.21. The van der Waals surface area contributed by atoms with Gasteiger partial charge in [0.2, 0.25) is 5.91 Å². The average molecular weight is 354 g/mol.